The number of methoxy groups -OCH3 is 1. The van der Waals surface area contributed by atoms with Crippen LogP contribution in [-0.2, 0) is 33.7 Å². The van der Waals surface area contributed by atoms with Gasteiger partial charge in [0.2, 0.25) is 0 Å². The molecule has 0 atom stereocenters. The number of hydrogen-bond acceptors (Lipinski definition) is 10. The summed E-state index contributed by atoms with van der Waals surface area (Å²) in [6, 6.07) is 13.1. The Morgan fingerprint density at radius 1 is 0.972 bits per heavy atom. The molecule has 0 spiro atoms. The predicted octanol–water partition coefficient (Wildman–Crippen LogP) is 3.62. The van der Waals surface area contributed by atoms with Crippen LogP contribution in [0.1, 0.15) is 29.5 Å². The molecule has 0 amide bonds. The summed E-state index contributed by atoms with van der Waals surface area (Å²) in [4.78, 5) is 39.4. The zero-order chi connectivity index (χ0) is 26.7. The highest BCUT2D eigenvalue weighted by Gasteiger charge is 2.22. The fourth-order valence-electron chi connectivity index (χ4n) is 3.35. The van der Waals surface area contributed by atoms with Gasteiger partial charge in [-0.3, -0.25) is 0 Å². The first-order chi connectivity index (χ1) is 17.0. The standard InChI is InChI=1S/C24H27NO10S/c1-17-15-19(11-12-21(17)36(3,30)31)20(22(23(26)32-2)18-9-5-4-6-10-18)16-34-24(27)33-13-7-8-14-35-25(28)29/h4-6,9-12,15H,7-8,13-14,16H2,1-3H3/b22-20+. The number of aryl methyl sites for hydroxylation is 1. The lowest BCUT2D eigenvalue weighted by Gasteiger charge is -2.16. The van der Waals surface area contributed by atoms with E-state index in [1.54, 1.807) is 43.3 Å². The van der Waals surface area contributed by atoms with Crippen molar-refractivity contribution >= 4 is 33.1 Å². The van der Waals surface area contributed by atoms with Crippen LogP contribution in [0.5, 0.6) is 0 Å². The molecule has 2 aromatic rings. The monoisotopic (exact) mass is 521 g/mol. The molecule has 0 N–H and O–H groups in total. The number of ether oxygens (including phenoxy) is 3. The number of carbonyl (C=O) groups excluding carboxylic acids is 2. The first-order valence-corrected chi connectivity index (χ1v) is 12.7. The molecule has 0 saturated heterocycles. The summed E-state index contributed by atoms with van der Waals surface area (Å²) in [5, 5.41) is 9.23. The van der Waals surface area contributed by atoms with Gasteiger partial charge >= 0.3 is 12.1 Å². The van der Waals surface area contributed by atoms with Crippen molar-refractivity contribution in [1.29, 1.82) is 0 Å². The second-order valence-electron chi connectivity index (χ2n) is 7.61. The first kappa shape index (κ1) is 28.3. The van der Waals surface area contributed by atoms with Crippen LogP contribution in [0, 0.1) is 17.0 Å². The average Bonchev–Trinajstić information content (AvgIpc) is 2.83. The summed E-state index contributed by atoms with van der Waals surface area (Å²) in [6.45, 7) is 1.07. The third-order valence-corrected chi connectivity index (χ3v) is 6.22. The zero-order valence-electron chi connectivity index (χ0n) is 20.1. The van der Waals surface area contributed by atoms with E-state index in [9.17, 15) is 28.1 Å². The summed E-state index contributed by atoms with van der Waals surface area (Å²) < 4.78 is 39.3. The lowest BCUT2D eigenvalue weighted by atomic mass is 9.94. The number of esters is 1. The minimum absolute atomic E-state index is 0.0519. The maximum atomic E-state index is 12.8. The lowest BCUT2D eigenvalue weighted by Crippen LogP contribution is -2.14. The largest absolute Gasteiger partial charge is 0.508 e. The molecule has 0 unspecified atom stereocenters. The number of hydrogen-bond donors (Lipinski definition) is 0. The number of benzene rings is 2. The minimum atomic E-state index is -3.48. The van der Waals surface area contributed by atoms with Crippen LogP contribution in [0.15, 0.2) is 53.4 Å². The third kappa shape index (κ3) is 8.38. The van der Waals surface area contributed by atoms with Crippen LogP contribution in [0.2, 0.25) is 0 Å². The van der Waals surface area contributed by atoms with Crippen LogP contribution in [0.4, 0.5) is 4.79 Å². The van der Waals surface area contributed by atoms with Gasteiger partial charge < -0.3 is 19.0 Å². The highest BCUT2D eigenvalue weighted by Crippen LogP contribution is 2.30. The van der Waals surface area contributed by atoms with Gasteiger partial charge in [-0.25, -0.2) is 18.0 Å². The summed E-state index contributed by atoms with van der Waals surface area (Å²) in [5.74, 6) is -0.677. The third-order valence-electron chi connectivity index (χ3n) is 4.97. The van der Waals surface area contributed by atoms with Gasteiger partial charge in [-0.05, 0) is 42.5 Å². The van der Waals surface area contributed by atoms with Crippen molar-refractivity contribution in [2.75, 3.05) is 33.2 Å². The van der Waals surface area contributed by atoms with E-state index in [2.05, 4.69) is 4.84 Å². The molecule has 0 aromatic heterocycles. The second-order valence-corrected chi connectivity index (χ2v) is 9.60. The Bertz CT molecular complexity index is 1220. The fraction of sp³-hybridized carbons (Fsp3) is 0.333. The van der Waals surface area contributed by atoms with Gasteiger partial charge in [-0.1, -0.05) is 42.5 Å². The van der Waals surface area contributed by atoms with Crippen molar-refractivity contribution in [3.05, 3.63) is 75.3 Å². The summed E-state index contributed by atoms with van der Waals surface area (Å²) in [5.41, 5.74) is 1.83. The van der Waals surface area contributed by atoms with Gasteiger partial charge in [-0.15, -0.1) is 10.1 Å². The van der Waals surface area contributed by atoms with Crippen molar-refractivity contribution in [1.82, 2.24) is 0 Å². The van der Waals surface area contributed by atoms with Crippen LogP contribution < -0.4 is 0 Å². The van der Waals surface area contributed by atoms with Crippen LogP contribution in [0.25, 0.3) is 11.1 Å². The molecule has 0 heterocycles. The van der Waals surface area contributed by atoms with E-state index in [0.29, 0.717) is 29.5 Å². The van der Waals surface area contributed by atoms with E-state index >= 15 is 0 Å². The van der Waals surface area contributed by atoms with E-state index in [1.807, 2.05) is 0 Å². The number of sulfone groups is 1. The number of carbonyl (C=O) groups is 2. The summed E-state index contributed by atoms with van der Waals surface area (Å²) in [7, 11) is -2.26. The molecule has 11 nitrogen and oxygen atoms in total. The molecule has 2 rings (SSSR count). The normalized spacial score (nSPS) is 11.8. The fourth-order valence-corrected chi connectivity index (χ4v) is 4.31. The zero-order valence-corrected chi connectivity index (χ0v) is 20.9. The molecule has 0 bridgehead atoms. The molecular weight excluding hydrogens is 494 g/mol. The molecule has 0 aliphatic rings. The predicted molar refractivity (Wildman–Crippen MR) is 129 cm³/mol. The maximum Gasteiger partial charge on any atom is 0.508 e. The van der Waals surface area contributed by atoms with Gasteiger partial charge in [0, 0.05) is 11.8 Å². The Morgan fingerprint density at radius 2 is 1.64 bits per heavy atom. The minimum Gasteiger partial charge on any atom is -0.465 e. The van der Waals surface area contributed by atoms with E-state index in [-0.39, 0.29) is 35.9 Å². The molecular formula is C24H27NO10S. The Hall–Kier alpha value is -3.93. The number of nitrogens with zero attached hydrogens (tertiary/aromatic N) is 1. The van der Waals surface area contributed by atoms with Crippen molar-refractivity contribution in [3.8, 4) is 0 Å². The van der Waals surface area contributed by atoms with Gasteiger partial charge in [0.05, 0.1) is 30.8 Å². The van der Waals surface area contributed by atoms with E-state index in [0.717, 1.165) is 6.26 Å². The molecule has 0 aliphatic heterocycles. The van der Waals surface area contributed by atoms with E-state index in [1.165, 1.54) is 19.2 Å². The molecule has 2 aromatic carbocycles. The Labute approximate surface area is 208 Å². The van der Waals surface area contributed by atoms with Crippen LogP contribution in [0.3, 0.4) is 0 Å². The highest BCUT2D eigenvalue weighted by atomic mass is 32.2. The van der Waals surface area contributed by atoms with Gasteiger partial charge in [0.25, 0.3) is 5.09 Å². The first-order valence-electron chi connectivity index (χ1n) is 10.8. The molecule has 0 aliphatic carbocycles. The van der Waals surface area contributed by atoms with Crippen molar-refractivity contribution in [2.24, 2.45) is 0 Å². The summed E-state index contributed by atoms with van der Waals surface area (Å²) in [6.07, 6.45) is 0.698. The topological polar surface area (TPSA) is 148 Å². The molecule has 36 heavy (non-hydrogen) atoms. The molecule has 0 saturated carbocycles. The van der Waals surface area contributed by atoms with Crippen LogP contribution >= 0.6 is 0 Å². The SMILES string of the molecule is COC(=O)/C(=C(\COC(=O)OCCCCO[N+](=O)[O-])c1ccc(S(C)(=O)=O)c(C)c1)c1ccccc1. The smallest absolute Gasteiger partial charge is 0.465 e. The molecule has 0 radical (unpaired) electrons. The number of unbranched alkanes of at least 4 members (excludes halogenated alkanes) is 1. The Balaban J connectivity index is 2.34. The van der Waals surface area contributed by atoms with Gasteiger partial charge in [-0.2, -0.15) is 0 Å². The van der Waals surface area contributed by atoms with Crippen molar-refractivity contribution in [3.63, 3.8) is 0 Å². The Morgan fingerprint density at radius 3 is 2.22 bits per heavy atom. The van der Waals surface area contributed by atoms with Crippen molar-refractivity contribution < 1.29 is 42.1 Å². The summed E-state index contributed by atoms with van der Waals surface area (Å²) >= 11 is 0. The van der Waals surface area contributed by atoms with Gasteiger partial charge in [0.1, 0.15) is 6.61 Å². The average molecular weight is 522 g/mol. The quantitative estimate of drug-likeness (QED) is 0.101. The number of rotatable bonds is 12. The van der Waals surface area contributed by atoms with Gasteiger partial charge in [0.15, 0.2) is 9.84 Å². The maximum absolute atomic E-state index is 12.8. The van der Waals surface area contributed by atoms with Crippen molar-refractivity contribution in [2.45, 2.75) is 24.7 Å². The highest BCUT2D eigenvalue weighted by molar-refractivity contribution is 7.90. The van der Waals surface area contributed by atoms with E-state index in [4.69, 9.17) is 14.2 Å². The molecule has 0 fully saturated rings. The van der Waals surface area contributed by atoms with E-state index < -0.39 is 27.0 Å². The van der Waals surface area contributed by atoms with Crippen LogP contribution in [-0.4, -0.2) is 58.8 Å². The molecule has 12 heteroatoms. The Kier molecular flexibility index (Phi) is 10.4. The molecule has 194 valence electrons. The lowest BCUT2D eigenvalue weighted by molar-refractivity contribution is -0.757. The second kappa shape index (κ2) is 13.2.